The molecule has 0 heterocycles. The molecule has 0 radical (unpaired) electrons. The molecule has 0 fully saturated rings. The number of rotatable bonds is 9. The van der Waals surface area contributed by atoms with Crippen molar-refractivity contribution in [2.24, 2.45) is 0 Å². The number of hydrogen-bond acceptors (Lipinski definition) is 8. The monoisotopic (exact) mass is 449 g/mol. The van der Waals surface area contributed by atoms with Crippen LogP contribution in [-0.4, -0.2) is 38.8 Å². The molecule has 10 nitrogen and oxygen atoms in total. The smallest absolute Gasteiger partial charge is 0.387 e. The van der Waals surface area contributed by atoms with Crippen LogP contribution in [0.2, 0.25) is 0 Å². The molecule has 2 rings (SSSR count). The molecule has 0 aromatic heterocycles. The topological polar surface area (TPSA) is 133 Å². The number of halogens is 2. The number of nitriles is 1. The number of nitro benzene ring substituents is 1. The molecule has 2 aromatic carbocycles. The third-order valence-electron chi connectivity index (χ3n) is 4.03. The minimum absolute atomic E-state index is 0.229. The summed E-state index contributed by atoms with van der Waals surface area (Å²) >= 11 is 0. The molecule has 1 N–H and O–H groups in total. The molecule has 0 spiro atoms. The first-order chi connectivity index (χ1) is 15.2. The zero-order valence-electron chi connectivity index (χ0n) is 17.0. The Morgan fingerprint density at radius 1 is 1.09 bits per heavy atom. The van der Waals surface area contributed by atoms with Crippen LogP contribution < -0.4 is 24.3 Å². The molecule has 168 valence electrons. The molecule has 0 saturated heterocycles. The van der Waals surface area contributed by atoms with Crippen LogP contribution in [0.1, 0.15) is 5.56 Å². The van der Waals surface area contributed by atoms with E-state index in [-0.39, 0.29) is 17.0 Å². The molecule has 0 aliphatic carbocycles. The summed E-state index contributed by atoms with van der Waals surface area (Å²) in [4.78, 5) is 23.1. The van der Waals surface area contributed by atoms with E-state index in [0.717, 1.165) is 25.3 Å². The van der Waals surface area contributed by atoms with Crippen molar-refractivity contribution in [2.45, 2.75) is 6.61 Å². The largest absolute Gasteiger partial charge is 0.493 e. The molecule has 0 aliphatic rings. The van der Waals surface area contributed by atoms with Gasteiger partial charge in [-0.2, -0.15) is 14.0 Å². The van der Waals surface area contributed by atoms with Crippen LogP contribution in [0.4, 0.5) is 20.2 Å². The first-order valence-corrected chi connectivity index (χ1v) is 8.70. The number of methoxy groups -OCH3 is 3. The molecule has 0 bridgehead atoms. The lowest BCUT2D eigenvalue weighted by molar-refractivity contribution is -0.385. The van der Waals surface area contributed by atoms with E-state index in [4.69, 9.17) is 14.2 Å². The summed E-state index contributed by atoms with van der Waals surface area (Å²) in [5.74, 6) is -0.960. The Bertz CT molecular complexity index is 1100. The molecule has 2 aromatic rings. The molecular formula is C20H17F2N3O7. The van der Waals surface area contributed by atoms with E-state index < -0.39 is 34.5 Å². The number of nitrogens with one attached hydrogen (secondary N) is 1. The molecular weight excluding hydrogens is 432 g/mol. The predicted molar refractivity (Wildman–Crippen MR) is 108 cm³/mol. The van der Waals surface area contributed by atoms with Gasteiger partial charge in [-0.1, -0.05) is 0 Å². The highest BCUT2D eigenvalue weighted by atomic mass is 19.3. The maximum atomic E-state index is 12.6. The quantitative estimate of drug-likeness (QED) is 0.265. The summed E-state index contributed by atoms with van der Waals surface area (Å²) in [5.41, 5.74) is -1.13. The normalized spacial score (nSPS) is 10.8. The molecule has 0 atom stereocenters. The number of carbonyl (C=O) groups is 1. The highest BCUT2D eigenvalue weighted by Crippen LogP contribution is 2.37. The van der Waals surface area contributed by atoms with Crippen LogP contribution in [0.5, 0.6) is 23.0 Å². The zero-order chi connectivity index (χ0) is 23.8. The molecule has 12 heteroatoms. The van der Waals surface area contributed by atoms with Gasteiger partial charge in [-0.15, -0.1) is 0 Å². The van der Waals surface area contributed by atoms with E-state index in [1.807, 2.05) is 0 Å². The van der Waals surface area contributed by atoms with Crippen molar-refractivity contribution in [3.8, 4) is 29.1 Å². The van der Waals surface area contributed by atoms with Crippen LogP contribution >= 0.6 is 0 Å². The second kappa shape index (κ2) is 10.6. The van der Waals surface area contributed by atoms with Crippen LogP contribution in [0.25, 0.3) is 6.08 Å². The number of benzene rings is 2. The summed E-state index contributed by atoms with van der Waals surface area (Å²) in [5, 5.41) is 23.3. The molecule has 0 unspecified atom stereocenters. The van der Waals surface area contributed by atoms with E-state index in [2.05, 4.69) is 10.1 Å². The van der Waals surface area contributed by atoms with Gasteiger partial charge in [0, 0.05) is 11.8 Å². The number of nitro groups is 1. The van der Waals surface area contributed by atoms with E-state index in [1.54, 1.807) is 6.07 Å². The summed E-state index contributed by atoms with van der Waals surface area (Å²) in [6.45, 7) is -3.24. The zero-order valence-corrected chi connectivity index (χ0v) is 17.0. The minimum Gasteiger partial charge on any atom is -0.493 e. The predicted octanol–water partition coefficient (Wildman–Crippen LogP) is 3.77. The lowest BCUT2D eigenvalue weighted by Crippen LogP contribution is -2.13. The average molecular weight is 449 g/mol. The van der Waals surface area contributed by atoms with Crippen molar-refractivity contribution in [1.29, 1.82) is 5.26 Å². The van der Waals surface area contributed by atoms with Gasteiger partial charge in [-0.05, 0) is 24.3 Å². The SMILES string of the molecule is COc1ccc(NC(=O)/C(C#N)=C/c2cc(OC)c(OC(F)F)cc2[N+](=O)[O-])cc1OC. The van der Waals surface area contributed by atoms with Crippen molar-refractivity contribution < 1.29 is 37.4 Å². The maximum Gasteiger partial charge on any atom is 0.387 e. The number of alkyl halides is 2. The van der Waals surface area contributed by atoms with Gasteiger partial charge in [0.2, 0.25) is 0 Å². The molecule has 32 heavy (non-hydrogen) atoms. The summed E-state index contributed by atoms with van der Waals surface area (Å²) in [6.07, 6.45) is 0.933. The molecule has 1 amide bonds. The minimum atomic E-state index is -3.24. The standard InChI is InChI=1S/C20H17F2N3O7/c1-29-15-5-4-13(8-17(15)31-3)24-19(26)12(10-23)6-11-7-16(30-2)18(32-20(21)22)9-14(11)25(27)28/h4-9,20H,1-3H3,(H,24,26)/b12-6+. The number of carbonyl (C=O) groups excluding carboxylic acids is 1. The van der Waals surface area contributed by atoms with Crippen LogP contribution in [0, 0.1) is 21.4 Å². The Labute approximate surface area is 180 Å². The third-order valence-corrected chi connectivity index (χ3v) is 4.03. The third kappa shape index (κ3) is 5.60. The van der Waals surface area contributed by atoms with Crippen LogP contribution in [-0.2, 0) is 4.79 Å². The Balaban J connectivity index is 2.44. The van der Waals surface area contributed by atoms with Crippen LogP contribution in [0.3, 0.4) is 0 Å². The van der Waals surface area contributed by atoms with Crippen molar-refractivity contribution in [2.75, 3.05) is 26.6 Å². The van der Waals surface area contributed by atoms with Gasteiger partial charge < -0.3 is 24.3 Å². The Hall–Kier alpha value is -4.40. The lowest BCUT2D eigenvalue weighted by Gasteiger charge is -2.11. The van der Waals surface area contributed by atoms with Crippen molar-refractivity contribution in [1.82, 2.24) is 0 Å². The summed E-state index contributed by atoms with van der Waals surface area (Å²) < 4.78 is 44.5. The van der Waals surface area contributed by atoms with Gasteiger partial charge in [-0.3, -0.25) is 14.9 Å². The molecule has 0 saturated carbocycles. The van der Waals surface area contributed by atoms with E-state index in [9.17, 15) is 29.0 Å². The van der Waals surface area contributed by atoms with Crippen molar-refractivity contribution in [3.05, 3.63) is 51.6 Å². The second-order valence-corrected chi connectivity index (χ2v) is 5.89. The molecule has 0 aliphatic heterocycles. The van der Waals surface area contributed by atoms with Crippen molar-refractivity contribution >= 4 is 23.4 Å². The highest BCUT2D eigenvalue weighted by Gasteiger charge is 2.22. The Morgan fingerprint density at radius 3 is 2.25 bits per heavy atom. The summed E-state index contributed by atoms with van der Waals surface area (Å²) in [6, 6.07) is 7.86. The number of amides is 1. The second-order valence-electron chi connectivity index (χ2n) is 5.89. The number of hydrogen-bond donors (Lipinski definition) is 1. The lowest BCUT2D eigenvalue weighted by atomic mass is 10.1. The van der Waals surface area contributed by atoms with E-state index in [1.165, 1.54) is 32.4 Å². The average Bonchev–Trinajstić information content (AvgIpc) is 2.76. The van der Waals surface area contributed by atoms with E-state index >= 15 is 0 Å². The van der Waals surface area contributed by atoms with Crippen LogP contribution in [0.15, 0.2) is 35.9 Å². The highest BCUT2D eigenvalue weighted by molar-refractivity contribution is 6.10. The summed E-state index contributed by atoms with van der Waals surface area (Å²) in [7, 11) is 3.98. The fourth-order valence-electron chi connectivity index (χ4n) is 2.60. The fourth-order valence-corrected chi connectivity index (χ4v) is 2.60. The van der Waals surface area contributed by atoms with E-state index in [0.29, 0.717) is 11.5 Å². The fraction of sp³-hybridized carbons (Fsp3) is 0.200. The van der Waals surface area contributed by atoms with Gasteiger partial charge in [0.1, 0.15) is 11.6 Å². The number of ether oxygens (including phenoxy) is 4. The first kappa shape index (κ1) is 23.9. The van der Waals surface area contributed by atoms with Gasteiger partial charge in [0.05, 0.1) is 37.9 Å². The van der Waals surface area contributed by atoms with Gasteiger partial charge in [0.25, 0.3) is 11.6 Å². The first-order valence-electron chi connectivity index (χ1n) is 8.70. The van der Waals surface area contributed by atoms with Gasteiger partial charge in [-0.25, -0.2) is 0 Å². The van der Waals surface area contributed by atoms with Gasteiger partial charge >= 0.3 is 6.61 Å². The Kier molecular flexibility index (Phi) is 7.89. The maximum absolute atomic E-state index is 12.6. The number of nitrogens with zero attached hydrogens (tertiary/aromatic N) is 2. The number of anilines is 1. The van der Waals surface area contributed by atoms with Crippen molar-refractivity contribution in [3.63, 3.8) is 0 Å². The van der Waals surface area contributed by atoms with Gasteiger partial charge in [0.15, 0.2) is 23.0 Å². The Morgan fingerprint density at radius 2 is 1.72 bits per heavy atom.